The normalized spacial score (nSPS) is 19.8. The molecule has 1 aliphatic rings. The summed E-state index contributed by atoms with van der Waals surface area (Å²) in [5.74, 6) is -0.00622. The van der Waals surface area contributed by atoms with Crippen LogP contribution in [-0.4, -0.2) is 38.6 Å². The van der Waals surface area contributed by atoms with Gasteiger partial charge in [0.15, 0.2) is 6.54 Å². The molecule has 1 amide bonds. The summed E-state index contributed by atoms with van der Waals surface area (Å²) in [6, 6.07) is 11.5. The zero-order valence-corrected chi connectivity index (χ0v) is 16.8. The number of benzene rings is 2. The maximum absolute atomic E-state index is 12.9. The fourth-order valence-electron chi connectivity index (χ4n) is 3.83. The van der Waals surface area contributed by atoms with Crippen molar-refractivity contribution in [3.63, 3.8) is 0 Å². The number of quaternary nitrogens is 2. The molecular weight excluding hydrogens is 379 g/mol. The average Bonchev–Trinajstić information content (AvgIpc) is 2.65. The van der Waals surface area contributed by atoms with E-state index < -0.39 is 11.7 Å². The summed E-state index contributed by atoms with van der Waals surface area (Å²) in [6.45, 7) is 8.31. The van der Waals surface area contributed by atoms with E-state index in [1.54, 1.807) is 6.07 Å². The van der Waals surface area contributed by atoms with Crippen molar-refractivity contribution in [1.29, 1.82) is 0 Å². The van der Waals surface area contributed by atoms with E-state index in [0.29, 0.717) is 18.7 Å². The van der Waals surface area contributed by atoms with E-state index in [0.717, 1.165) is 49.1 Å². The van der Waals surface area contributed by atoms with Crippen molar-refractivity contribution in [3.05, 3.63) is 64.7 Å². The number of halogens is 3. The monoisotopic (exact) mass is 407 g/mol. The van der Waals surface area contributed by atoms with Gasteiger partial charge in [-0.15, -0.1) is 0 Å². The van der Waals surface area contributed by atoms with E-state index in [4.69, 9.17) is 0 Å². The van der Waals surface area contributed by atoms with Gasteiger partial charge in [-0.2, -0.15) is 13.2 Å². The van der Waals surface area contributed by atoms with Crippen LogP contribution in [0.1, 0.15) is 22.3 Å². The first-order valence-electron chi connectivity index (χ1n) is 9.91. The predicted molar refractivity (Wildman–Crippen MR) is 106 cm³/mol. The number of alkyl halides is 3. The quantitative estimate of drug-likeness (QED) is 0.686. The Labute approximate surface area is 169 Å². The number of hydrogen-bond donors (Lipinski definition) is 3. The Bertz CT molecular complexity index is 859. The van der Waals surface area contributed by atoms with Crippen LogP contribution >= 0.6 is 0 Å². The van der Waals surface area contributed by atoms with Crippen LogP contribution in [0.5, 0.6) is 0 Å². The number of carbonyl (C=O) groups is 1. The topological polar surface area (TPSA) is 38.0 Å². The first-order chi connectivity index (χ1) is 13.7. The van der Waals surface area contributed by atoms with Crippen LogP contribution in [0.4, 0.5) is 18.9 Å². The summed E-state index contributed by atoms with van der Waals surface area (Å²) in [6.07, 6.45) is -4.31. The molecule has 0 saturated carbocycles. The lowest BCUT2D eigenvalue weighted by Crippen LogP contribution is -3.28. The third-order valence-electron chi connectivity index (χ3n) is 5.44. The van der Waals surface area contributed by atoms with E-state index in [2.05, 4.69) is 5.32 Å². The molecule has 2 aromatic rings. The molecule has 1 aliphatic heterocycles. The fraction of sp³-hybridized carbons (Fsp3) is 0.409. The molecule has 0 aliphatic carbocycles. The first-order valence-corrected chi connectivity index (χ1v) is 9.91. The van der Waals surface area contributed by atoms with Crippen molar-refractivity contribution in [2.45, 2.75) is 26.6 Å². The predicted octanol–water partition coefficient (Wildman–Crippen LogP) is 1.24. The molecule has 0 aromatic heterocycles. The minimum Gasteiger partial charge on any atom is -0.322 e. The molecule has 0 radical (unpaired) electrons. The van der Waals surface area contributed by atoms with Crippen molar-refractivity contribution < 1.29 is 27.8 Å². The highest BCUT2D eigenvalue weighted by atomic mass is 19.4. The summed E-state index contributed by atoms with van der Waals surface area (Å²) in [4.78, 5) is 14.8. The Kier molecular flexibility index (Phi) is 6.59. The van der Waals surface area contributed by atoms with Gasteiger partial charge in [0.05, 0.1) is 5.56 Å². The Morgan fingerprint density at radius 1 is 1.00 bits per heavy atom. The number of rotatable bonds is 5. The second-order valence-corrected chi connectivity index (χ2v) is 7.92. The van der Waals surface area contributed by atoms with Crippen molar-refractivity contribution in [1.82, 2.24) is 0 Å². The number of carbonyl (C=O) groups excluding carboxylic acids is 1. The van der Waals surface area contributed by atoms with Crippen LogP contribution in [0.25, 0.3) is 0 Å². The molecule has 0 spiro atoms. The van der Waals surface area contributed by atoms with Crippen LogP contribution in [0.2, 0.25) is 0 Å². The lowest BCUT2D eigenvalue weighted by atomic mass is 10.1. The molecule has 3 rings (SSSR count). The van der Waals surface area contributed by atoms with E-state index in [9.17, 15) is 18.0 Å². The van der Waals surface area contributed by atoms with E-state index in [1.807, 2.05) is 32.0 Å². The number of aryl methyl sites for hydroxylation is 2. The van der Waals surface area contributed by atoms with Crippen molar-refractivity contribution in [2.24, 2.45) is 0 Å². The SMILES string of the molecule is Cc1ccc(NC(=O)C[NH+]2CC[NH+](Cc3cccc(C(F)(F)F)c3)CC2)c(C)c1. The van der Waals surface area contributed by atoms with Crippen LogP contribution in [0.15, 0.2) is 42.5 Å². The van der Waals surface area contributed by atoms with Gasteiger partial charge in [0, 0.05) is 11.3 Å². The zero-order chi connectivity index (χ0) is 21.0. The Morgan fingerprint density at radius 3 is 2.34 bits per heavy atom. The maximum Gasteiger partial charge on any atom is 0.416 e. The standard InChI is InChI=1S/C22H26F3N3O/c1-16-6-7-20(17(2)12-16)26-21(29)15-28-10-8-27(9-11-28)14-18-4-3-5-19(13-18)22(23,24)25/h3-7,12-13H,8-11,14-15H2,1-2H3,(H,26,29)/p+2. The molecule has 4 nitrogen and oxygen atoms in total. The molecule has 0 unspecified atom stereocenters. The largest absolute Gasteiger partial charge is 0.416 e. The van der Waals surface area contributed by atoms with Gasteiger partial charge in [-0.1, -0.05) is 29.8 Å². The molecule has 1 heterocycles. The second-order valence-electron chi connectivity index (χ2n) is 7.92. The molecule has 0 bridgehead atoms. The molecule has 2 aromatic carbocycles. The van der Waals surface area contributed by atoms with Crippen LogP contribution < -0.4 is 15.1 Å². The third kappa shape index (κ3) is 6.05. The maximum atomic E-state index is 12.9. The van der Waals surface area contributed by atoms with Gasteiger partial charge in [0.2, 0.25) is 0 Å². The van der Waals surface area contributed by atoms with Crippen molar-refractivity contribution in [2.75, 3.05) is 38.0 Å². The molecule has 1 saturated heterocycles. The minimum absolute atomic E-state index is 0.00622. The van der Waals surface area contributed by atoms with Crippen LogP contribution in [0, 0.1) is 13.8 Å². The van der Waals surface area contributed by atoms with Gasteiger partial charge in [0.1, 0.15) is 32.7 Å². The zero-order valence-electron chi connectivity index (χ0n) is 16.8. The van der Waals surface area contributed by atoms with Crippen LogP contribution in [-0.2, 0) is 17.5 Å². The molecule has 0 atom stereocenters. The highest BCUT2D eigenvalue weighted by molar-refractivity contribution is 5.92. The second kappa shape index (κ2) is 8.97. The Hall–Kier alpha value is -2.38. The summed E-state index contributed by atoms with van der Waals surface area (Å²) < 4.78 is 38.6. The van der Waals surface area contributed by atoms with Gasteiger partial charge in [0.25, 0.3) is 5.91 Å². The number of anilines is 1. The molecule has 7 heteroatoms. The minimum atomic E-state index is -4.31. The van der Waals surface area contributed by atoms with Gasteiger partial charge >= 0.3 is 6.18 Å². The summed E-state index contributed by atoms with van der Waals surface area (Å²) in [7, 11) is 0. The lowest BCUT2D eigenvalue weighted by Gasteiger charge is -2.29. The molecule has 1 fully saturated rings. The number of hydrogen-bond acceptors (Lipinski definition) is 1. The third-order valence-corrected chi connectivity index (χ3v) is 5.44. The van der Waals surface area contributed by atoms with E-state index in [1.165, 1.54) is 21.9 Å². The van der Waals surface area contributed by atoms with Crippen molar-refractivity contribution in [3.8, 4) is 0 Å². The summed E-state index contributed by atoms with van der Waals surface area (Å²) in [5, 5.41) is 2.98. The van der Waals surface area contributed by atoms with Gasteiger partial charge < -0.3 is 15.1 Å². The molecule has 29 heavy (non-hydrogen) atoms. The fourth-order valence-corrected chi connectivity index (χ4v) is 3.83. The number of amides is 1. The smallest absolute Gasteiger partial charge is 0.322 e. The van der Waals surface area contributed by atoms with E-state index >= 15 is 0 Å². The Morgan fingerprint density at radius 2 is 1.69 bits per heavy atom. The highest BCUT2D eigenvalue weighted by Crippen LogP contribution is 2.29. The average molecular weight is 407 g/mol. The Balaban J connectivity index is 1.47. The number of nitrogens with one attached hydrogen (secondary N) is 3. The van der Waals surface area contributed by atoms with Gasteiger partial charge in [-0.05, 0) is 37.6 Å². The number of piperazine rings is 1. The van der Waals surface area contributed by atoms with E-state index in [-0.39, 0.29) is 5.91 Å². The summed E-state index contributed by atoms with van der Waals surface area (Å²) >= 11 is 0. The van der Waals surface area contributed by atoms with Gasteiger partial charge in [-0.3, -0.25) is 4.79 Å². The molecule has 3 N–H and O–H groups in total. The van der Waals surface area contributed by atoms with Gasteiger partial charge in [-0.25, -0.2) is 0 Å². The van der Waals surface area contributed by atoms with Crippen molar-refractivity contribution >= 4 is 11.6 Å². The molecular formula is C22H28F3N3O+2. The highest BCUT2D eigenvalue weighted by Gasteiger charge is 2.31. The first kappa shape index (κ1) is 21.3. The van der Waals surface area contributed by atoms with Crippen LogP contribution in [0.3, 0.4) is 0 Å². The lowest BCUT2D eigenvalue weighted by molar-refractivity contribution is -1.02. The molecule has 156 valence electrons. The summed E-state index contributed by atoms with van der Waals surface area (Å²) in [5.41, 5.74) is 3.15.